The van der Waals surface area contributed by atoms with Crippen molar-refractivity contribution in [3.8, 4) is 0 Å². The highest BCUT2D eigenvalue weighted by Crippen LogP contribution is 2.18. The van der Waals surface area contributed by atoms with Crippen molar-refractivity contribution in [3.63, 3.8) is 0 Å². The number of nitrogens with two attached hydrogens (primary N) is 2. The van der Waals surface area contributed by atoms with E-state index in [1.807, 2.05) is 31.2 Å². The highest BCUT2D eigenvalue weighted by molar-refractivity contribution is 6.30. The molecule has 2 nitrogen and oxygen atoms in total. The van der Waals surface area contributed by atoms with Crippen molar-refractivity contribution in [2.75, 3.05) is 0 Å². The number of halogens is 1. The molecule has 3 heteroatoms. The lowest BCUT2D eigenvalue weighted by atomic mass is 10.0. The summed E-state index contributed by atoms with van der Waals surface area (Å²) in [6.45, 7) is 1.99. The summed E-state index contributed by atoms with van der Waals surface area (Å²) in [6.07, 6.45) is 1.86. The van der Waals surface area contributed by atoms with Crippen LogP contribution < -0.4 is 11.5 Å². The van der Waals surface area contributed by atoms with Gasteiger partial charge in [-0.2, -0.15) is 0 Å². The molecule has 2 unspecified atom stereocenters. The molecule has 0 aliphatic heterocycles. The van der Waals surface area contributed by atoms with Gasteiger partial charge < -0.3 is 11.5 Å². The number of rotatable bonds is 4. The average molecular weight is 213 g/mol. The Hall–Kier alpha value is -0.570. The van der Waals surface area contributed by atoms with Gasteiger partial charge in [-0.25, -0.2) is 0 Å². The van der Waals surface area contributed by atoms with E-state index >= 15 is 0 Å². The van der Waals surface area contributed by atoms with Crippen LogP contribution in [0, 0.1) is 0 Å². The third kappa shape index (κ3) is 3.66. The lowest BCUT2D eigenvalue weighted by Crippen LogP contribution is -2.18. The monoisotopic (exact) mass is 212 g/mol. The number of hydrogen-bond donors (Lipinski definition) is 2. The van der Waals surface area contributed by atoms with Crippen LogP contribution in [-0.4, -0.2) is 6.04 Å². The fourth-order valence-electron chi connectivity index (χ4n) is 1.32. The molecule has 1 aromatic rings. The lowest BCUT2D eigenvalue weighted by Gasteiger charge is -2.13. The zero-order valence-corrected chi connectivity index (χ0v) is 9.17. The van der Waals surface area contributed by atoms with E-state index in [-0.39, 0.29) is 12.1 Å². The summed E-state index contributed by atoms with van der Waals surface area (Å²) in [5.41, 5.74) is 12.8. The van der Waals surface area contributed by atoms with E-state index in [9.17, 15) is 0 Å². The Morgan fingerprint density at radius 1 is 1.14 bits per heavy atom. The Bertz CT molecular complexity index is 269. The maximum Gasteiger partial charge on any atom is 0.0406 e. The topological polar surface area (TPSA) is 52.0 Å². The molecule has 0 radical (unpaired) electrons. The van der Waals surface area contributed by atoms with Gasteiger partial charge >= 0.3 is 0 Å². The maximum atomic E-state index is 5.99. The highest BCUT2D eigenvalue weighted by Gasteiger charge is 2.06. The second-order valence-corrected chi connectivity index (χ2v) is 4.15. The minimum absolute atomic E-state index is 0.0678. The van der Waals surface area contributed by atoms with Gasteiger partial charge in [0.25, 0.3) is 0 Å². The summed E-state index contributed by atoms with van der Waals surface area (Å²) < 4.78 is 0. The molecule has 1 aromatic carbocycles. The molecule has 2 atom stereocenters. The predicted octanol–water partition coefficient (Wildman–Crippen LogP) is 2.47. The van der Waals surface area contributed by atoms with Gasteiger partial charge in [0.15, 0.2) is 0 Å². The van der Waals surface area contributed by atoms with Crippen molar-refractivity contribution in [1.29, 1.82) is 0 Å². The minimum atomic E-state index is 0.0678. The number of benzene rings is 1. The Labute approximate surface area is 90.2 Å². The summed E-state index contributed by atoms with van der Waals surface area (Å²) in [4.78, 5) is 0. The van der Waals surface area contributed by atoms with Crippen molar-refractivity contribution in [2.45, 2.75) is 31.8 Å². The van der Waals surface area contributed by atoms with E-state index in [2.05, 4.69) is 0 Å². The first-order chi connectivity index (χ1) is 6.59. The summed E-state index contributed by atoms with van der Waals surface area (Å²) in [5.74, 6) is 0. The summed E-state index contributed by atoms with van der Waals surface area (Å²) >= 11 is 5.78. The van der Waals surface area contributed by atoms with Crippen molar-refractivity contribution < 1.29 is 0 Å². The van der Waals surface area contributed by atoms with Gasteiger partial charge in [-0.3, -0.25) is 0 Å². The van der Waals surface area contributed by atoms with E-state index < -0.39 is 0 Å². The molecule has 0 bridgehead atoms. The van der Waals surface area contributed by atoms with Gasteiger partial charge in [-0.1, -0.05) is 23.7 Å². The first-order valence-corrected chi connectivity index (χ1v) is 5.24. The van der Waals surface area contributed by atoms with Crippen LogP contribution in [0.25, 0.3) is 0 Å². The van der Waals surface area contributed by atoms with Crippen LogP contribution >= 0.6 is 11.6 Å². The van der Waals surface area contributed by atoms with Gasteiger partial charge in [-0.15, -0.1) is 0 Å². The third-order valence-corrected chi connectivity index (χ3v) is 2.48. The predicted molar refractivity (Wildman–Crippen MR) is 61.3 cm³/mol. The Morgan fingerprint density at radius 2 is 1.71 bits per heavy atom. The normalized spacial score (nSPS) is 15.1. The minimum Gasteiger partial charge on any atom is -0.328 e. The standard InChI is InChI=1S/C11H17ClN2/c1-8(13)2-7-11(14)9-3-5-10(12)6-4-9/h3-6,8,11H,2,7,13-14H2,1H3. The second-order valence-electron chi connectivity index (χ2n) is 3.71. The number of hydrogen-bond acceptors (Lipinski definition) is 2. The van der Waals surface area contributed by atoms with Gasteiger partial charge in [0.1, 0.15) is 0 Å². The molecule has 0 fully saturated rings. The molecule has 0 spiro atoms. The summed E-state index contributed by atoms with van der Waals surface area (Å²) in [6, 6.07) is 7.94. The van der Waals surface area contributed by atoms with Crippen LogP contribution in [0.15, 0.2) is 24.3 Å². The zero-order valence-electron chi connectivity index (χ0n) is 8.41. The van der Waals surface area contributed by atoms with Gasteiger partial charge in [0.05, 0.1) is 0 Å². The van der Waals surface area contributed by atoms with E-state index in [4.69, 9.17) is 23.1 Å². The molecule has 78 valence electrons. The van der Waals surface area contributed by atoms with Crippen molar-refractivity contribution >= 4 is 11.6 Å². The van der Waals surface area contributed by atoms with Crippen LogP contribution in [0.2, 0.25) is 5.02 Å². The molecular formula is C11H17ClN2. The van der Waals surface area contributed by atoms with E-state index in [1.54, 1.807) is 0 Å². The molecule has 1 rings (SSSR count). The molecule has 0 saturated heterocycles. The molecule has 14 heavy (non-hydrogen) atoms. The Kier molecular flexibility index (Phi) is 4.39. The first kappa shape index (κ1) is 11.5. The SMILES string of the molecule is CC(N)CCC(N)c1ccc(Cl)cc1. The largest absolute Gasteiger partial charge is 0.328 e. The zero-order chi connectivity index (χ0) is 10.6. The van der Waals surface area contributed by atoms with Crippen molar-refractivity contribution in [3.05, 3.63) is 34.9 Å². The molecule has 0 aliphatic rings. The Morgan fingerprint density at radius 3 is 2.21 bits per heavy atom. The molecule has 0 amide bonds. The highest BCUT2D eigenvalue weighted by atomic mass is 35.5. The Balaban J connectivity index is 2.52. The van der Waals surface area contributed by atoms with Gasteiger partial charge in [0.2, 0.25) is 0 Å². The molecule has 0 aliphatic carbocycles. The average Bonchev–Trinajstić information content (AvgIpc) is 2.15. The van der Waals surface area contributed by atoms with E-state index in [1.165, 1.54) is 0 Å². The fourth-order valence-corrected chi connectivity index (χ4v) is 1.45. The molecular weight excluding hydrogens is 196 g/mol. The second kappa shape index (κ2) is 5.35. The maximum absolute atomic E-state index is 5.99. The van der Waals surface area contributed by atoms with Crippen molar-refractivity contribution in [1.82, 2.24) is 0 Å². The molecule has 0 saturated carbocycles. The molecule has 0 heterocycles. The van der Waals surface area contributed by atoms with Crippen LogP contribution in [0.4, 0.5) is 0 Å². The molecule has 4 N–H and O–H groups in total. The van der Waals surface area contributed by atoms with Crippen LogP contribution in [0.5, 0.6) is 0 Å². The first-order valence-electron chi connectivity index (χ1n) is 4.86. The quantitative estimate of drug-likeness (QED) is 0.806. The van der Waals surface area contributed by atoms with E-state index in [0.29, 0.717) is 0 Å². The lowest BCUT2D eigenvalue weighted by molar-refractivity contribution is 0.555. The van der Waals surface area contributed by atoms with Gasteiger partial charge in [0, 0.05) is 17.1 Å². The van der Waals surface area contributed by atoms with E-state index in [0.717, 1.165) is 23.4 Å². The fraction of sp³-hybridized carbons (Fsp3) is 0.455. The van der Waals surface area contributed by atoms with Crippen LogP contribution in [0.1, 0.15) is 31.4 Å². The summed E-state index contributed by atoms with van der Waals surface area (Å²) in [5, 5.41) is 0.744. The van der Waals surface area contributed by atoms with Crippen molar-refractivity contribution in [2.24, 2.45) is 11.5 Å². The van der Waals surface area contributed by atoms with Crippen LogP contribution in [0.3, 0.4) is 0 Å². The molecule has 0 aromatic heterocycles. The van der Waals surface area contributed by atoms with Crippen LogP contribution in [-0.2, 0) is 0 Å². The summed E-state index contributed by atoms with van der Waals surface area (Å²) in [7, 11) is 0. The third-order valence-electron chi connectivity index (χ3n) is 2.23. The smallest absolute Gasteiger partial charge is 0.0406 e. The van der Waals surface area contributed by atoms with Gasteiger partial charge in [-0.05, 0) is 37.5 Å².